The van der Waals surface area contributed by atoms with Gasteiger partial charge in [-0.05, 0) is 48.5 Å². The fraction of sp³-hybridized carbons (Fsp3) is 0.211. The minimum atomic E-state index is -4.71. The Morgan fingerprint density at radius 1 is 1.23 bits per heavy atom. The molecule has 0 aliphatic carbocycles. The van der Waals surface area contributed by atoms with Crippen LogP contribution < -0.4 is 5.32 Å². The quantitative estimate of drug-likeness (QED) is 0.443. The first kappa shape index (κ1) is 22.3. The van der Waals surface area contributed by atoms with Crippen LogP contribution in [0.15, 0.2) is 52.5 Å². The summed E-state index contributed by atoms with van der Waals surface area (Å²) < 4.78 is 40.5. The molecule has 1 aromatic heterocycles. The first-order valence-electron chi connectivity index (χ1n) is 8.85. The molecule has 3 rings (SSSR count). The van der Waals surface area contributed by atoms with Gasteiger partial charge in [0.05, 0.1) is 21.9 Å². The number of alkyl halides is 3. The number of nitrogens with one attached hydrogen (secondary N) is 1. The molecule has 1 heterocycles. The van der Waals surface area contributed by atoms with Crippen LogP contribution >= 0.6 is 11.8 Å². The smallest absolute Gasteiger partial charge is 0.349 e. The van der Waals surface area contributed by atoms with Crippen LogP contribution in [-0.2, 0) is 17.5 Å². The van der Waals surface area contributed by atoms with Crippen molar-refractivity contribution in [2.45, 2.75) is 36.6 Å². The second-order valence-electron chi connectivity index (χ2n) is 6.52. The topological polar surface area (TPSA) is 103 Å². The van der Waals surface area contributed by atoms with Crippen molar-refractivity contribution < 1.29 is 22.9 Å². The van der Waals surface area contributed by atoms with Crippen molar-refractivity contribution in [3.63, 3.8) is 0 Å². The van der Waals surface area contributed by atoms with E-state index in [1.807, 2.05) is 19.1 Å². The Morgan fingerprint density at radius 2 is 1.97 bits per heavy atom. The van der Waals surface area contributed by atoms with Crippen LogP contribution in [0.2, 0.25) is 0 Å². The molecule has 0 bridgehead atoms. The zero-order valence-electron chi connectivity index (χ0n) is 16.3. The molecule has 8 nitrogen and oxygen atoms in total. The number of aryl methyl sites for hydroxylation is 1. The van der Waals surface area contributed by atoms with E-state index in [2.05, 4.69) is 15.5 Å². The van der Waals surface area contributed by atoms with Crippen LogP contribution in [0.4, 0.5) is 18.9 Å². The minimum Gasteiger partial charge on any atom is -0.349 e. The molecule has 2 aromatic carbocycles. The van der Waals surface area contributed by atoms with E-state index < -0.39 is 22.4 Å². The highest BCUT2D eigenvalue weighted by Gasteiger charge is 2.33. The highest BCUT2D eigenvalue weighted by Crippen LogP contribution is 2.39. The Morgan fingerprint density at radius 3 is 2.58 bits per heavy atom. The van der Waals surface area contributed by atoms with Crippen molar-refractivity contribution in [2.24, 2.45) is 0 Å². The predicted octanol–water partition coefficient (Wildman–Crippen LogP) is 4.29. The van der Waals surface area contributed by atoms with Gasteiger partial charge in [0.1, 0.15) is 0 Å². The van der Waals surface area contributed by atoms with E-state index in [4.69, 9.17) is 0 Å². The second kappa shape index (κ2) is 8.76. The maximum atomic E-state index is 13.0. The molecule has 0 saturated carbocycles. The van der Waals surface area contributed by atoms with Crippen LogP contribution in [-0.4, -0.2) is 25.6 Å². The van der Waals surface area contributed by atoms with E-state index in [-0.39, 0.29) is 22.5 Å². The number of carbonyl (C=O) groups is 1. The van der Waals surface area contributed by atoms with Crippen molar-refractivity contribution in [2.75, 3.05) is 0 Å². The van der Waals surface area contributed by atoms with Gasteiger partial charge >= 0.3 is 6.18 Å². The molecule has 162 valence electrons. The second-order valence-corrected chi connectivity index (χ2v) is 7.53. The molecular weight excluding hydrogens is 435 g/mol. The van der Waals surface area contributed by atoms with Gasteiger partial charge in [0.2, 0.25) is 11.1 Å². The highest BCUT2D eigenvalue weighted by atomic mass is 32.2. The molecule has 0 aliphatic rings. The Kier molecular flexibility index (Phi) is 6.29. The summed E-state index contributed by atoms with van der Waals surface area (Å²) in [6.07, 6.45) is -4.71. The summed E-state index contributed by atoms with van der Waals surface area (Å²) in [4.78, 5) is 21.8. The van der Waals surface area contributed by atoms with Gasteiger partial charge in [-0.15, -0.1) is 10.2 Å². The third-order valence-corrected chi connectivity index (χ3v) is 5.15. The number of hydrogen-bond acceptors (Lipinski definition) is 6. The standard InChI is InChI=1S/C19H16F3N5O3S/c1-11-4-3-5-14(8-11)26-17(10-23-12(2)28)24-25-18(26)31-16-7-6-13(19(20,21)22)9-15(16)27(29)30/h3-9H,10H2,1-2H3,(H,23,28). The Bertz CT molecular complexity index is 1150. The summed E-state index contributed by atoms with van der Waals surface area (Å²) in [6.45, 7) is 3.26. The molecule has 12 heteroatoms. The number of rotatable bonds is 6. The molecule has 1 amide bonds. The number of amides is 1. The summed E-state index contributed by atoms with van der Waals surface area (Å²) in [5.74, 6) is 0.0734. The first-order valence-corrected chi connectivity index (χ1v) is 9.67. The largest absolute Gasteiger partial charge is 0.416 e. The van der Waals surface area contributed by atoms with Crippen LogP contribution in [0.3, 0.4) is 0 Å². The zero-order chi connectivity index (χ0) is 22.8. The third-order valence-electron chi connectivity index (χ3n) is 4.14. The third kappa shape index (κ3) is 5.20. The summed E-state index contributed by atoms with van der Waals surface area (Å²) >= 11 is 0.812. The van der Waals surface area contributed by atoms with Gasteiger partial charge < -0.3 is 5.32 Å². The summed E-state index contributed by atoms with van der Waals surface area (Å²) in [7, 11) is 0. The maximum absolute atomic E-state index is 13.0. The van der Waals surface area contributed by atoms with Crippen molar-refractivity contribution in [1.82, 2.24) is 20.1 Å². The van der Waals surface area contributed by atoms with E-state index in [0.29, 0.717) is 17.6 Å². The number of hydrogen-bond donors (Lipinski definition) is 1. The number of nitro groups is 1. The zero-order valence-corrected chi connectivity index (χ0v) is 17.1. The molecular formula is C19H16F3N5O3S. The lowest BCUT2D eigenvalue weighted by atomic mass is 10.2. The van der Waals surface area contributed by atoms with Crippen molar-refractivity contribution in [1.29, 1.82) is 0 Å². The SMILES string of the molecule is CC(=O)NCc1nnc(Sc2ccc(C(F)(F)F)cc2[N+](=O)[O-])n1-c1cccc(C)c1. The lowest BCUT2D eigenvalue weighted by molar-refractivity contribution is -0.388. The Labute approximate surface area is 178 Å². The Balaban J connectivity index is 2.07. The van der Waals surface area contributed by atoms with E-state index in [1.54, 1.807) is 16.7 Å². The number of aromatic nitrogens is 3. The lowest BCUT2D eigenvalue weighted by Crippen LogP contribution is -2.21. The monoisotopic (exact) mass is 451 g/mol. The van der Waals surface area contributed by atoms with Gasteiger partial charge in [-0.25, -0.2) is 0 Å². The van der Waals surface area contributed by atoms with Gasteiger partial charge in [0.15, 0.2) is 5.82 Å². The predicted molar refractivity (Wildman–Crippen MR) is 106 cm³/mol. The summed E-state index contributed by atoms with van der Waals surface area (Å²) in [5, 5.41) is 22.3. The molecule has 0 atom stereocenters. The first-order chi connectivity index (χ1) is 14.6. The fourth-order valence-electron chi connectivity index (χ4n) is 2.73. The summed E-state index contributed by atoms with van der Waals surface area (Å²) in [6, 6.07) is 9.56. The van der Waals surface area contributed by atoms with E-state index >= 15 is 0 Å². The number of carbonyl (C=O) groups excluding carboxylic acids is 1. The van der Waals surface area contributed by atoms with Crippen LogP contribution in [0.5, 0.6) is 0 Å². The number of nitrogens with zero attached hydrogens (tertiary/aromatic N) is 4. The molecule has 3 aromatic rings. The molecule has 0 spiro atoms. The van der Waals surface area contributed by atoms with Crippen molar-refractivity contribution >= 4 is 23.4 Å². The molecule has 0 unspecified atom stereocenters. The molecule has 0 fully saturated rings. The number of benzene rings is 2. The molecule has 31 heavy (non-hydrogen) atoms. The molecule has 0 aliphatic heterocycles. The minimum absolute atomic E-state index is 0.0228. The van der Waals surface area contributed by atoms with E-state index in [1.165, 1.54) is 6.92 Å². The maximum Gasteiger partial charge on any atom is 0.416 e. The molecule has 0 radical (unpaired) electrons. The normalized spacial score (nSPS) is 11.4. The van der Waals surface area contributed by atoms with Gasteiger partial charge in [0, 0.05) is 18.7 Å². The van der Waals surface area contributed by atoms with Crippen molar-refractivity contribution in [3.05, 3.63) is 69.5 Å². The van der Waals surface area contributed by atoms with Gasteiger partial charge in [0.25, 0.3) is 5.69 Å². The summed E-state index contributed by atoms with van der Waals surface area (Å²) in [5.41, 5.74) is -0.243. The van der Waals surface area contributed by atoms with Gasteiger partial charge in [-0.2, -0.15) is 13.2 Å². The fourth-order valence-corrected chi connectivity index (χ4v) is 3.69. The van der Waals surface area contributed by atoms with Crippen LogP contribution in [0.25, 0.3) is 5.69 Å². The number of nitro benzene ring substituents is 1. The lowest BCUT2D eigenvalue weighted by Gasteiger charge is -2.12. The van der Waals surface area contributed by atoms with Crippen LogP contribution in [0, 0.1) is 17.0 Å². The average Bonchev–Trinajstić information content (AvgIpc) is 3.08. The van der Waals surface area contributed by atoms with Gasteiger partial charge in [-0.3, -0.25) is 19.5 Å². The average molecular weight is 451 g/mol. The van der Waals surface area contributed by atoms with E-state index in [9.17, 15) is 28.1 Å². The van der Waals surface area contributed by atoms with Crippen LogP contribution in [0.1, 0.15) is 23.9 Å². The molecule has 0 saturated heterocycles. The van der Waals surface area contributed by atoms with Crippen molar-refractivity contribution in [3.8, 4) is 5.69 Å². The molecule has 1 N–H and O–H groups in total. The highest BCUT2D eigenvalue weighted by molar-refractivity contribution is 7.99. The van der Waals surface area contributed by atoms with Gasteiger partial charge in [-0.1, -0.05) is 12.1 Å². The number of halogens is 3. The Hall–Kier alpha value is -3.41. The van der Waals surface area contributed by atoms with E-state index in [0.717, 1.165) is 29.5 Å².